The first kappa shape index (κ1) is 15.8. The lowest BCUT2D eigenvalue weighted by Crippen LogP contribution is -2.36. The van der Waals surface area contributed by atoms with Gasteiger partial charge in [0.05, 0.1) is 5.75 Å². The molecule has 0 unspecified atom stereocenters. The molecule has 0 bridgehead atoms. The molecule has 11 heteroatoms. The smallest absolute Gasteiger partial charge is 0.452 e. The summed E-state index contributed by atoms with van der Waals surface area (Å²) in [5.74, 6) is -1.76. The van der Waals surface area contributed by atoms with E-state index in [1.165, 1.54) is 29.1 Å². The predicted octanol–water partition coefficient (Wildman–Crippen LogP) is 1.06. The second-order valence-electron chi connectivity index (χ2n) is 4.01. The Morgan fingerprint density at radius 1 is 1.29 bits per heavy atom. The van der Waals surface area contributed by atoms with Crippen LogP contribution in [0.5, 0.6) is 0 Å². The number of nitrogens with zero attached hydrogens (tertiary/aromatic N) is 3. The first-order valence-corrected chi connectivity index (χ1v) is 7.84. The highest BCUT2D eigenvalue weighted by Crippen LogP contribution is 2.30. The van der Waals surface area contributed by atoms with E-state index in [0.29, 0.717) is 17.1 Å². The van der Waals surface area contributed by atoms with Gasteiger partial charge in [-0.05, 0) is 11.5 Å². The molecule has 2 rings (SSSR count). The Labute approximate surface area is 121 Å². The molecule has 114 valence electrons. The van der Waals surface area contributed by atoms with Crippen molar-refractivity contribution in [2.45, 2.75) is 12.7 Å². The van der Waals surface area contributed by atoms with Gasteiger partial charge in [-0.15, -0.1) is 0 Å². The minimum Gasteiger partial charge on any atom is -0.748 e. The van der Waals surface area contributed by atoms with E-state index < -0.39 is 27.9 Å². The molecule has 2 aromatic rings. The highest BCUT2D eigenvalue weighted by Gasteiger charge is 2.36. The molecule has 0 N–H and O–H groups in total. The van der Waals surface area contributed by atoms with Gasteiger partial charge in [-0.25, -0.2) is 18.0 Å². The molecule has 0 aliphatic heterocycles. The minimum atomic E-state index is -4.59. The first-order chi connectivity index (χ1) is 9.65. The summed E-state index contributed by atoms with van der Waals surface area (Å²) in [6.07, 6.45) is -1.68. The summed E-state index contributed by atoms with van der Waals surface area (Å²) in [7, 11) is -4.31. The van der Waals surface area contributed by atoms with Crippen LogP contribution in [0.25, 0.3) is 10.6 Å². The van der Waals surface area contributed by atoms with Gasteiger partial charge in [-0.2, -0.15) is 17.5 Å². The summed E-state index contributed by atoms with van der Waals surface area (Å²) in [5.41, 5.74) is 0.421. The summed E-state index contributed by atoms with van der Waals surface area (Å²) in [4.78, 5) is 3.39. The number of hydrogen-bond donors (Lipinski definition) is 0. The molecular weight excluding hydrogens is 331 g/mol. The van der Waals surface area contributed by atoms with Gasteiger partial charge in [-0.1, -0.05) is 0 Å². The van der Waals surface area contributed by atoms with Crippen molar-refractivity contribution in [1.82, 2.24) is 9.36 Å². The lowest BCUT2D eigenvalue weighted by atomic mass is 10.3. The van der Waals surface area contributed by atoms with Crippen LogP contribution in [0.1, 0.15) is 5.82 Å². The van der Waals surface area contributed by atoms with E-state index in [9.17, 15) is 26.1 Å². The largest absolute Gasteiger partial charge is 0.748 e. The molecule has 0 aromatic carbocycles. The molecule has 0 aliphatic rings. The number of aryl methyl sites for hydroxylation is 1. The summed E-state index contributed by atoms with van der Waals surface area (Å²) in [5, 5.41) is 0.103. The van der Waals surface area contributed by atoms with Crippen molar-refractivity contribution >= 4 is 21.7 Å². The molecular formula is C10H8F3N3O3S2. The topological polar surface area (TPSA) is 86.9 Å². The lowest BCUT2D eigenvalue weighted by molar-refractivity contribution is -0.692. The Morgan fingerprint density at radius 3 is 2.38 bits per heavy atom. The van der Waals surface area contributed by atoms with Crippen molar-refractivity contribution in [3.05, 3.63) is 30.4 Å². The van der Waals surface area contributed by atoms with E-state index in [2.05, 4.69) is 9.36 Å². The number of rotatable bonds is 4. The number of hydrogen-bond acceptors (Lipinski definition) is 6. The average Bonchev–Trinajstić information content (AvgIpc) is 2.85. The lowest BCUT2D eigenvalue weighted by Gasteiger charge is -2.03. The maximum absolute atomic E-state index is 12.4. The van der Waals surface area contributed by atoms with Crippen molar-refractivity contribution in [3.63, 3.8) is 0 Å². The second kappa shape index (κ2) is 5.66. The highest BCUT2D eigenvalue weighted by atomic mass is 32.2. The maximum atomic E-state index is 12.4. The van der Waals surface area contributed by atoms with Crippen LogP contribution < -0.4 is 4.57 Å². The van der Waals surface area contributed by atoms with Gasteiger partial charge < -0.3 is 4.55 Å². The van der Waals surface area contributed by atoms with Crippen LogP contribution in [0.15, 0.2) is 24.5 Å². The molecule has 2 aromatic heterocycles. The van der Waals surface area contributed by atoms with E-state index >= 15 is 0 Å². The Kier molecular flexibility index (Phi) is 4.25. The van der Waals surface area contributed by atoms with Gasteiger partial charge in [0, 0.05) is 17.7 Å². The van der Waals surface area contributed by atoms with Crippen LogP contribution >= 0.6 is 11.5 Å². The number of halogens is 3. The third-order valence-corrected chi connectivity index (χ3v) is 3.86. The Bertz CT molecular complexity index is 726. The van der Waals surface area contributed by atoms with Crippen LogP contribution in [-0.4, -0.2) is 28.1 Å². The molecule has 0 aliphatic carbocycles. The number of pyridine rings is 1. The predicted molar refractivity (Wildman–Crippen MR) is 65.1 cm³/mol. The zero-order chi connectivity index (χ0) is 15.7. The summed E-state index contributed by atoms with van der Waals surface area (Å²) in [6.45, 7) is -0.0317. The van der Waals surface area contributed by atoms with Crippen molar-refractivity contribution in [2.24, 2.45) is 0 Å². The Hall–Kier alpha value is -1.59. The zero-order valence-corrected chi connectivity index (χ0v) is 11.9. The Morgan fingerprint density at radius 2 is 1.90 bits per heavy atom. The van der Waals surface area contributed by atoms with E-state index in [-0.39, 0.29) is 11.6 Å². The van der Waals surface area contributed by atoms with Crippen LogP contribution in [0.3, 0.4) is 0 Å². The fraction of sp³-hybridized carbons (Fsp3) is 0.300. The number of aromatic nitrogens is 3. The van der Waals surface area contributed by atoms with Gasteiger partial charge in [-0.3, -0.25) is 0 Å². The zero-order valence-electron chi connectivity index (χ0n) is 10.2. The quantitative estimate of drug-likeness (QED) is 0.614. The minimum absolute atomic E-state index is 0.0317. The van der Waals surface area contributed by atoms with Crippen molar-refractivity contribution in [2.75, 3.05) is 5.75 Å². The second-order valence-corrected chi connectivity index (χ2v) is 6.28. The molecule has 6 nitrogen and oxygen atoms in total. The third-order valence-electron chi connectivity index (χ3n) is 2.42. The average molecular weight is 339 g/mol. The summed E-state index contributed by atoms with van der Waals surface area (Å²) >= 11 is 0.617. The van der Waals surface area contributed by atoms with E-state index in [1.54, 1.807) is 0 Å². The molecule has 21 heavy (non-hydrogen) atoms. The Balaban J connectivity index is 2.14. The fourth-order valence-corrected chi connectivity index (χ4v) is 2.54. The molecule has 0 spiro atoms. The molecule has 0 radical (unpaired) electrons. The monoisotopic (exact) mass is 339 g/mol. The normalized spacial score (nSPS) is 12.6. The molecule has 0 atom stereocenters. The SMILES string of the molecule is O=S(=O)([O-])CC[n+]1ccc(-c2nc(C(F)(F)F)ns2)cc1. The van der Waals surface area contributed by atoms with Gasteiger partial charge in [0.25, 0.3) is 0 Å². The van der Waals surface area contributed by atoms with E-state index in [1.807, 2.05) is 0 Å². The summed E-state index contributed by atoms with van der Waals surface area (Å²) < 4.78 is 73.3. The van der Waals surface area contributed by atoms with Crippen molar-refractivity contribution in [1.29, 1.82) is 0 Å². The third kappa shape index (κ3) is 4.44. The van der Waals surface area contributed by atoms with Crippen LogP contribution in [0.2, 0.25) is 0 Å². The molecule has 0 fully saturated rings. The van der Waals surface area contributed by atoms with Gasteiger partial charge in [0.2, 0.25) is 5.82 Å². The number of alkyl halides is 3. The standard InChI is InChI=1S/C10H8F3N3O3S2/c11-10(12,13)9-14-8(20-15-9)7-1-3-16(4-2-7)5-6-21(17,18)19/h1-4H,5-6H2. The molecule has 0 amide bonds. The first-order valence-electron chi connectivity index (χ1n) is 5.49. The molecule has 0 saturated heterocycles. The molecule has 0 saturated carbocycles. The van der Waals surface area contributed by atoms with Gasteiger partial charge in [0.1, 0.15) is 15.1 Å². The molecule has 2 heterocycles. The van der Waals surface area contributed by atoms with E-state index in [4.69, 9.17) is 0 Å². The van der Waals surface area contributed by atoms with Crippen LogP contribution in [0.4, 0.5) is 13.2 Å². The van der Waals surface area contributed by atoms with Gasteiger partial charge >= 0.3 is 6.18 Å². The van der Waals surface area contributed by atoms with Crippen molar-refractivity contribution in [3.8, 4) is 10.6 Å². The van der Waals surface area contributed by atoms with E-state index in [0.717, 1.165) is 0 Å². The highest BCUT2D eigenvalue weighted by molar-refractivity contribution is 7.85. The van der Waals surface area contributed by atoms with Crippen molar-refractivity contribution < 1.29 is 30.7 Å². The van der Waals surface area contributed by atoms with Crippen LogP contribution in [0, 0.1) is 0 Å². The fourth-order valence-electron chi connectivity index (χ4n) is 1.42. The van der Waals surface area contributed by atoms with Crippen LogP contribution in [-0.2, 0) is 22.8 Å². The van der Waals surface area contributed by atoms with Gasteiger partial charge in [0.15, 0.2) is 18.9 Å². The maximum Gasteiger partial charge on any atom is 0.452 e. The summed E-state index contributed by atoms with van der Waals surface area (Å²) in [6, 6.07) is 2.94.